The molecule has 0 aliphatic heterocycles. The van der Waals surface area contributed by atoms with Crippen LogP contribution >= 0.6 is 0 Å². The van der Waals surface area contributed by atoms with E-state index in [4.69, 9.17) is 0 Å². The smallest absolute Gasteiger partial charge is 0.155 e. The Kier molecular flexibility index (Phi) is 2.36. The van der Waals surface area contributed by atoms with Crippen molar-refractivity contribution in [3.63, 3.8) is 0 Å². The summed E-state index contributed by atoms with van der Waals surface area (Å²) in [7, 11) is 0. The average molecular weight is 187 g/mol. The molecule has 0 bridgehead atoms. The first-order valence-electron chi connectivity index (χ1n) is 4.29. The molecule has 4 nitrogen and oxygen atoms in total. The highest BCUT2D eigenvalue weighted by Gasteiger charge is 1.95. The molecule has 2 rings (SSSR count). The summed E-state index contributed by atoms with van der Waals surface area (Å²) in [6.45, 7) is 0. The maximum absolute atomic E-state index is 10.1. The number of H-pyrrole nitrogens is 1. The Morgan fingerprint density at radius 2 is 2.36 bits per heavy atom. The van der Waals surface area contributed by atoms with Crippen molar-refractivity contribution in [3.05, 3.63) is 30.1 Å². The van der Waals surface area contributed by atoms with Gasteiger partial charge in [-0.1, -0.05) is 12.2 Å². The average Bonchev–Trinajstić information content (AvgIpc) is 2.65. The van der Waals surface area contributed by atoms with Crippen molar-refractivity contribution in [2.24, 2.45) is 0 Å². The highest BCUT2D eigenvalue weighted by molar-refractivity contribution is 5.76. The largest absolute Gasteiger partial charge is 0.303 e. The van der Waals surface area contributed by atoms with Crippen LogP contribution in [0.4, 0.5) is 0 Å². The quantitative estimate of drug-likeness (QED) is 0.742. The predicted molar refractivity (Wildman–Crippen MR) is 53.6 cm³/mol. The van der Waals surface area contributed by atoms with Crippen molar-refractivity contribution in [1.82, 2.24) is 15.2 Å². The third kappa shape index (κ3) is 1.69. The van der Waals surface area contributed by atoms with Crippen molar-refractivity contribution < 1.29 is 4.79 Å². The minimum Gasteiger partial charge on any atom is -0.303 e. The highest BCUT2D eigenvalue weighted by atomic mass is 16.1. The number of pyridine rings is 1. The second-order valence-corrected chi connectivity index (χ2v) is 2.88. The van der Waals surface area contributed by atoms with E-state index in [0.29, 0.717) is 6.42 Å². The van der Waals surface area contributed by atoms with Crippen LogP contribution in [-0.2, 0) is 4.79 Å². The summed E-state index contributed by atoms with van der Waals surface area (Å²) in [6, 6.07) is 1.97. The number of hydrogen-bond donors (Lipinski definition) is 1. The number of fused-ring (bicyclic) bond motifs is 1. The van der Waals surface area contributed by atoms with E-state index < -0.39 is 0 Å². The van der Waals surface area contributed by atoms with Crippen molar-refractivity contribution in [2.75, 3.05) is 0 Å². The molecule has 0 fully saturated rings. The summed E-state index contributed by atoms with van der Waals surface area (Å²) in [5, 5.41) is 7.61. The Labute approximate surface area is 80.7 Å². The van der Waals surface area contributed by atoms with Crippen LogP contribution in [0.1, 0.15) is 12.0 Å². The third-order valence-corrected chi connectivity index (χ3v) is 1.86. The molecule has 0 aliphatic carbocycles. The van der Waals surface area contributed by atoms with Gasteiger partial charge in [-0.15, -0.1) is 0 Å². The zero-order chi connectivity index (χ0) is 9.80. The Hall–Kier alpha value is -1.97. The summed E-state index contributed by atoms with van der Waals surface area (Å²) < 4.78 is 0. The number of aldehydes is 1. The van der Waals surface area contributed by atoms with Crippen molar-refractivity contribution in [3.8, 4) is 0 Å². The number of aromatic amines is 1. The highest BCUT2D eigenvalue weighted by Crippen LogP contribution is 2.10. The van der Waals surface area contributed by atoms with Crippen molar-refractivity contribution in [2.45, 2.75) is 6.42 Å². The predicted octanol–water partition coefficient (Wildman–Crippen LogP) is 1.56. The lowest BCUT2D eigenvalue weighted by Crippen LogP contribution is -1.78. The molecule has 2 heterocycles. The van der Waals surface area contributed by atoms with E-state index in [2.05, 4.69) is 15.2 Å². The number of carbonyl (C=O) groups excluding carboxylic acids is 1. The number of hydrogen-bond acceptors (Lipinski definition) is 3. The summed E-state index contributed by atoms with van der Waals surface area (Å²) >= 11 is 0. The van der Waals surface area contributed by atoms with E-state index in [-0.39, 0.29) is 0 Å². The zero-order valence-electron chi connectivity index (χ0n) is 7.47. The van der Waals surface area contributed by atoms with E-state index >= 15 is 0 Å². The van der Waals surface area contributed by atoms with E-state index in [1.807, 2.05) is 12.1 Å². The molecule has 0 saturated heterocycles. The lowest BCUT2D eigenvalue weighted by molar-refractivity contribution is -0.107. The molecule has 0 amide bonds. The number of rotatable bonds is 3. The van der Waals surface area contributed by atoms with Gasteiger partial charge in [-0.2, -0.15) is 5.10 Å². The second kappa shape index (κ2) is 3.83. The van der Waals surface area contributed by atoms with Gasteiger partial charge in [-0.25, -0.2) is 4.98 Å². The van der Waals surface area contributed by atoms with Crippen LogP contribution in [0.5, 0.6) is 0 Å². The SMILES string of the molecule is O=CCC=Cc1cnc2[nH]ncc2c1. The van der Waals surface area contributed by atoms with Crippen LogP contribution in [0, 0.1) is 0 Å². The lowest BCUT2D eigenvalue weighted by atomic mass is 10.2. The molecule has 0 saturated carbocycles. The molecule has 2 aromatic heterocycles. The Bertz CT molecular complexity index is 473. The van der Waals surface area contributed by atoms with Gasteiger partial charge in [0.05, 0.1) is 6.20 Å². The van der Waals surface area contributed by atoms with Gasteiger partial charge in [0.2, 0.25) is 0 Å². The fourth-order valence-corrected chi connectivity index (χ4v) is 1.20. The number of aromatic nitrogens is 3. The zero-order valence-corrected chi connectivity index (χ0v) is 7.47. The molecule has 2 aromatic rings. The van der Waals surface area contributed by atoms with E-state index in [0.717, 1.165) is 22.9 Å². The molecule has 1 N–H and O–H groups in total. The lowest BCUT2D eigenvalue weighted by Gasteiger charge is -1.91. The van der Waals surface area contributed by atoms with Gasteiger partial charge in [0, 0.05) is 18.0 Å². The number of nitrogens with one attached hydrogen (secondary N) is 1. The fourth-order valence-electron chi connectivity index (χ4n) is 1.20. The Morgan fingerprint density at radius 1 is 1.43 bits per heavy atom. The molecule has 0 aliphatic rings. The molecule has 0 aromatic carbocycles. The van der Waals surface area contributed by atoms with Crippen molar-refractivity contribution in [1.29, 1.82) is 0 Å². The summed E-state index contributed by atoms with van der Waals surface area (Å²) in [6.07, 6.45) is 8.43. The van der Waals surface area contributed by atoms with Gasteiger partial charge < -0.3 is 4.79 Å². The maximum Gasteiger partial charge on any atom is 0.155 e. The van der Waals surface area contributed by atoms with Gasteiger partial charge >= 0.3 is 0 Å². The number of carbonyl (C=O) groups is 1. The second-order valence-electron chi connectivity index (χ2n) is 2.88. The van der Waals surface area contributed by atoms with Gasteiger partial charge in [-0.05, 0) is 11.6 Å². The number of allylic oxidation sites excluding steroid dienone is 1. The van der Waals surface area contributed by atoms with Gasteiger partial charge in [0.15, 0.2) is 5.65 Å². The number of nitrogens with zero attached hydrogens (tertiary/aromatic N) is 2. The first kappa shape index (κ1) is 8.62. The van der Waals surface area contributed by atoms with Crippen molar-refractivity contribution >= 4 is 23.4 Å². The Morgan fingerprint density at radius 3 is 3.21 bits per heavy atom. The van der Waals surface area contributed by atoms with Crippen LogP contribution in [0.2, 0.25) is 0 Å². The van der Waals surface area contributed by atoms with E-state index in [1.165, 1.54) is 0 Å². The van der Waals surface area contributed by atoms with Crippen LogP contribution < -0.4 is 0 Å². The first-order chi connectivity index (χ1) is 6.90. The monoisotopic (exact) mass is 187 g/mol. The normalized spacial score (nSPS) is 11.1. The minimum atomic E-state index is 0.434. The van der Waals surface area contributed by atoms with Gasteiger partial charge in [0.25, 0.3) is 0 Å². The van der Waals surface area contributed by atoms with Crippen LogP contribution in [0.15, 0.2) is 24.5 Å². The molecule has 70 valence electrons. The maximum atomic E-state index is 10.1. The molecule has 0 unspecified atom stereocenters. The topological polar surface area (TPSA) is 58.6 Å². The Balaban J connectivity index is 2.29. The molecule has 4 heteroatoms. The van der Waals surface area contributed by atoms with Crippen LogP contribution in [0.3, 0.4) is 0 Å². The minimum absolute atomic E-state index is 0.434. The van der Waals surface area contributed by atoms with E-state index in [9.17, 15) is 4.79 Å². The molecular weight excluding hydrogens is 178 g/mol. The first-order valence-corrected chi connectivity index (χ1v) is 4.29. The van der Waals surface area contributed by atoms with E-state index in [1.54, 1.807) is 18.5 Å². The molecule has 14 heavy (non-hydrogen) atoms. The van der Waals surface area contributed by atoms with Crippen LogP contribution in [0.25, 0.3) is 17.1 Å². The summed E-state index contributed by atoms with van der Waals surface area (Å²) in [4.78, 5) is 14.2. The van der Waals surface area contributed by atoms with Crippen LogP contribution in [-0.4, -0.2) is 21.5 Å². The molecule has 0 spiro atoms. The third-order valence-electron chi connectivity index (χ3n) is 1.86. The summed E-state index contributed by atoms with van der Waals surface area (Å²) in [5.74, 6) is 0. The standard InChI is InChI=1S/C10H9N3O/c14-4-2-1-3-8-5-9-7-12-13-10(9)11-6-8/h1,3-7H,2H2,(H,11,12,13). The molecule has 0 atom stereocenters. The van der Waals surface area contributed by atoms with Gasteiger partial charge in [-0.3, -0.25) is 5.10 Å². The fraction of sp³-hybridized carbons (Fsp3) is 0.100. The summed E-state index contributed by atoms with van der Waals surface area (Å²) in [5.41, 5.74) is 1.75. The molecule has 0 radical (unpaired) electrons. The van der Waals surface area contributed by atoms with Gasteiger partial charge in [0.1, 0.15) is 6.29 Å². The molecular formula is C10H9N3O.